The zero-order valence-corrected chi connectivity index (χ0v) is 8.60. The van der Waals surface area contributed by atoms with Gasteiger partial charge in [-0.1, -0.05) is 6.92 Å². The Hall–Kier alpha value is -0.0900. The van der Waals surface area contributed by atoms with Crippen molar-refractivity contribution in [2.75, 3.05) is 18.7 Å². The molecule has 3 nitrogen and oxygen atoms in total. The van der Waals surface area contributed by atoms with Crippen LogP contribution in [0, 0.1) is 0 Å². The van der Waals surface area contributed by atoms with Crippen molar-refractivity contribution in [3.63, 3.8) is 0 Å². The van der Waals surface area contributed by atoms with E-state index in [0.29, 0.717) is 6.04 Å². The van der Waals surface area contributed by atoms with Gasteiger partial charge in [-0.15, -0.1) is 0 Å². The Bertz CT molecular complexity index is 231. The molecule has 0 N–H and O–H groups in total. The molecule has 0 aliphatic heterocycles. The molecule has 0 bridgehead atoms. The number of hydrogen-bond donors (Lipinski definition) is 0. The maximum absolute atomic E-state index is 11.0. The van der Waals surface area contributed by atoms with Crippen LogP contribution in [0.25, 0.3) is 0 Å². The van der Waals surface area contributed by atoms with Crippen molar-refractivity contribution in [1.82, 2.24) is 4.90 Å². The van der Waals surface area contributed by atoms with Gasteiger partial charge in [-0.2, -0.15) is 0 Å². The quantitative estimate of drug-likeness (QED) is 0.647. The summed E-state index contributed by atoms with van der Waals surface area (Å²) in [6.45, 7) is 3.00. The molecule has 0 aromatic carbocycles. The highest BCUT2D eigenvalue weighted by molar-refractivity contribution is 7.90. The molecule has 1 rings (SSSR count). The highest BCUT2D eigenvalue weighted by Crippen LogP contribution is 2.26. The molecule has 0 unspecified atom stereocenters. The van der Waals surface area contributed by atoms with Gasteiger partial charge in [-0.05, 0) is 25.8 Å². The zero-order valence-electron chi connectivity index (χ0n) is 7.78. The van der Waals surface area contributed by atoms with E-state index in [2.05, 4.69) is 11.8 Å². The van der Waals surface area contributed by atoms with Gasteiger partial charge in [-0.25, -0.2) is 8.42 Å². The lowest BCUT2D eigenvalue weighted by Crippen LogP contribution is -2.32. The molecule has 0 heterocycles. The summed E-state index contributed by atoms with van der Waals surface area (Å²) >= 11 is 0. The Morgan fingerprint density at radius 1 is 1.42 bits per heavy atom. The number of nitrogens with zero attached hydrogens (tertiary/aromatic N) is 1. The number of sulfone groups is 1. The largest absolute Gasteiger partial charge is 0.287 e. The summed E-state index contributed by atoms with van der Waals surface area (Å²) in [7, 11) is -2.82. The Labute approximate surface area is 74.7 Å². The topological polar surface area (TPSA) is 37.4 Å². The Morgan fingerprint density at radius 2 is 2.00 bits per heavy atom. The third-order valence-electron chi connectivity index (χ3n) is 1.97. The highest BCUT2D eigenvalue weighted by Gasteiger charge is 2.29. The van der Waals surface area contributed by atoms with Crippen LogP contribution < -0.4 is 0 Å². The predicted molar refractivity (Wildman–Crippen MR) is 49.7 cm³/mol. The molecule has 1 fully saturated rings. The summed E-state index contributed by atoms with van der Waals surface area (Å²) < 4.78 is 22.0. The second-order valence-corrected chi connectivity index (χ2v) is 5.71. The van der Waals surface area contributed by atoms with Crippen LogP contribution in [0.5, 0.6) is 0 Å². The predicted octanol–water partition coefficient (Wildman–Crippen LogP) is 0.863. The van der Waals surface area contributed by atoms with E-state index in [-0.39, 0.29) is 5.88 Å². The van der Waals surface area contributed by atoms with E-state index in [4.69, 9.17) is 0 Å². The fourth-order valence-corrected chi connectivity index (χ4v) is 2.32. The lowest BCUT2D eigenvalue weighted by atomic mass is 10.4. The standard InChI is InChI=1S/C8H17NO2S/c1-3-6-9(8-4-5-8)7-12(2,10)11/h8H,3-7H2,1-2H3. The maximum atomic E-state index is 11.0. The molecule has 0 spiro atoms. The minimum absolute atomic E-state index is 0.242. The van der Waals surface area contributed by atoms with E-state index in [0.717, 1.165) is 13.0 Å². The van der Waals surface area contributed by atoms with Crippen LogP contribution in [-0.2, 0) is 9.84 Å². The fourth-order valence-electron chi connectivity index (χ4n) is 1.38. The number of rotatable bonds is 5. The average molecular weight is 191 g/mol. The Kier molecular flexibility index (Phi) is 3.12. The molecular formula is C8H17NO2S. The molecule has 1 aliphatic carbocycles. The summed E-state index contributed by atoms with van der Waals surface area (Å²) in [5.41, 5.74) is 0. The SMILES string of the molecule is CCCN(CS(C)(=O)=O)C1CC1. The lowest BCUT2D eigenvalue weighted by molar-refractivity contribution is 0.304. The molecule has 1 saturated carbocycles. The normalized spacial score (nSPS) is 18.6. The molecule has 0 saturated heterocycles. The van der Waals surface area contributed by atoms with Crippen molar-refractivity contribution in [3.05, 3.63) is 0 Å². The van der Waals surface area contributed by atoms with Gasteiger partial charge in [0, 0.05) is 12.3 Å². The van der Waals surface area contributed by atoms with Crippen LogP contribution in [-0.4, -0.2) is 38.0 Å². The third-order valence-corrected chi connectivity index (χ3v) is 2.78. The van der Waals surface area contributed by atoms with Crippen molar-refractivity contribution >= 4 is 9.84 Å². The van der Waals surface area contributed by atoms with E-state index in [1.165, 1.54) is 19.1 Å². The summed E-state index contributed by atoms with van der Waals surface area (Å²) in [6, 6.07) is 0.555. The molecule has 0 radical (unpaired) electrons. The fraction of sp³-hybridized carbons (Fsp3) is 1.00. The van der Waals surface area contributed by atoms with Crippen LogP contribution >= 0.6 is 0 Å². The van der Waals surface area contributed by atoms with Gasteiger partial charge in [0.15, 0.2) is 9.84 Å². The molecular weight excluding hydrogens is 174 g/mol. The van der Waals surface area contributed by atoms with Gasteiger partial charge in [0.05, 0.1) is 0 Å². The Morgan fingerprint density at radius 3 is 2.33 bits per heavy atom. The second-order valence-electron chi connectivity index (χ2n) is 3.60. The van der Waals surface area contributed by atoms with E-state index < -0.39 is 9.84 Å². The molecule has 0 aromatic rings. The first kappa shape index (κ1) is 9.99. The molecule has 1 aliphatic rings. The van der Waals surface area contributed by atoms with Gasteiger partial charge in [0.1, 0.15) is 5.88 Å². The zero-order chi connectivity index (χ0) is 9.19. The summed E-state index contributed by atoms with van der Waals surface area (Å²) in [4.78, 5) is 2.08. The molecule has 0 aromatic heterocycles. The third kappa shape index (κ3) is 3.54. The van der Waals surface area contributed by atoms with Crippen LogP contribution in [0.4, 0.5) is 0 Å². The maximum Gasteiger partial charge on any atom is 0.160 e. The Balaban J connectivity index is 2.43. The first-order valence-electron chi connectivity index (χ1n) is 4.44. The van der Waals surface area contributed by atoms with Crippen LogP contribution in [0.3, 0.4) is 0 Å². The van der Waals surface area contributed by atoms with Gasteiger partial charge in [-0.3, -0.25) is 4.90 Å². The second kappa shape index (κ2) is 3.75. The van der Waals surface area contributed by atoms with Gasteiger partial charge in [0.2, 0.25) is 0 Å². The summed E-state index contributed by atoms with van der Waals surface area (Å²) in [5.74, 6) is 0.242. The van der Waals surface area contributed by atoms with Crippen molar-refractivity contribution in [2.24, 2.45) is 0 Å². The number of hydrogen-bond acceptors (Lipinski definition) is 3. The van der Waals surface area contributed by atoms with Crippen molar-refractivity contribution < 1.29 is 8.42 Å². The summed E-state index contributed by atoms with van der Waals surface area (Å²) in [6.07, 6.45) is 4.69. The minimum atomic E-state index is -2.82. The summed E-state index contributed by atoms with van der Waals surface area (Å²) in [5, 5.41) is 0. The van der Waals surface area contributed by atoms with E-state index >= 15 is 0 Å². The lowest BCUT2D eigenvalue weighted by Gasteiger charge is -2.19. The van der Waals surface area contributed by atoms with E-state index in [9.17, 15) is 8.42 Å². The molecule has 4 heteroatoms. The van der Waals surface area contributed by atoms with Crippen molar-refractivity contribution in [1.29, 1.82) is 0 Å². The van der Waals surface area contributed by atoms with Crippen molar-refractivity contribution in [2.45, 2.75) is 32.2 Å². The van der Waals surface area contributed by atoms with Crippen molar-refractivity contribution in [3.8, 4) is 0 Å². The van der Waals surface area contributed by atoms with Gasteiger partial charge in [0.25, 0.3) is 0 Å². The molecule has 72 valence electrons. The molecule has 0 atom stereocenters. The van der Waals surface area contributed by atoms with Crippen LogP contribution in [0.15, 0.2) is 0 Å². The monoisotopic (exact) mass is 191 g/mol. The first-order chi connectivity index (χ1) is 5.53. The van der Waals surface area contributed by atoms with E-state index in [1.54, 1.807) is 0 Å². The average Bonchev–Trinajstić information content (AvgIpc) is 2.63. The van der Waals surface area contributed by atoms with Gasteiger partial charge >= 0.3 is 0 Å². The van der Waals surface area contributed by atoms with Crippen LogP contribution in [0.2, 0.25) is 0 Å². The first-order valence-corrected chi connectivity index (χ1v) is 6.51. The minimum Gasteiger partial charge on any atom is -0.287 e. The highest BCUT2D eigenvalue weighted by atomic mass is 32.2. The van der Waals surface area contributed by atoms with E-state index in [1.807, 2.05) is 0 Å². The van der Waals surface area contributed by atoms with Gasteiger partial charge < -0.3 is 0 Å². The molecule has 12 heavy (non-hydrogen) atoms. The van der Waals surface area contributed by atoms with Crippen LogP contribution in [0.1, 0.15) is 26.2 Å². The molecule has 0 amide bonds. The smallest absolute Gasteiger partial charge is 0.160 e.